The maximum Gasteiger partial charge on any atom is 0.261 e. The van der Waals surface area contributed by atoms with Crippen molar-refractivity contribution in [3.8, 4) is 6.07 Å². The molecule has 1 aromatic rings. The molecule has 0 bridgehead atoms. The highest BCUT2D eigenvalue weighted by molar-refractivity contribution is 6.01. The van der Waals surface area contributed by atoms with E-state index in [0.717, 1.165) is 0 Å². The molecule has 1 aromatic carbocycles. The van der Waals surface area contributed by atoms with E-state index in [4.69, 9.17) is 10.00 Å². The van der Waals surface area contributed by atoms with Gasteiger partial charge in [0.15, 0.2) is 0 Å². The maximum absolute atomic E-state index is 11.9. The molecule has 6 nitrogen and oxygen atoms in total. The van der Waals surface area contributed by atoms with Crippen molar-refractivity contribution in [1.82, 2.24) is 10.6 Å². The summed E-state index contributed by atoms with van der Waals surface area (Å²) in [5.74, 6) is -0.610. The number of ether oxygens (including phenoxy) is 1. The number of nitrogens with zero attached hydrogens (tertiary/aromatic N) is 1. The smallest absolute Gasteiger partial charge is 0.261 e. The molecule has 0 unspecified atom stereocenters. The highest BCUT2D eigenvalue weighted by Crippen LogP contribution is 2.09. The van der Waals surface area contributed by atoms with Crippen molar-refractivity contribution in [1.29, 1.82) is 5.26 Å². The third-order valence-electron chi connectivity index (χ3n) is 2.89. The second-order valence-corrected chi connectivity index (χ2v) is 4.47. The Hall–Kier alpha value is -2.65. The van der Waals surface area contributed by atoms with E-state index in [0.29, 0.717) is 30.7 Å². The average Bonchev–Trinajstić information content (AvgIpc) is 2.56. The number of carbonyl (C=O) groups is 2. The largest absolute Gasteiger partial charge is 0.385 e. The number of methoxy groups -OCH3 is 1. The standard InChI is InChI=1S/C16H19N3O3/c1-18-15(20)13-6-4-12(5-7-13)10-14(11-17)16(21)19-8-3-9-22-2/h4-7,10H,3,8-9H2,1-2H3,(H,18,20)(H,19,21)/b14-10-. The molecular formula is C16H19N3O3. The predicted molar refractivity (Wildman–Crippen MR) is 82.9 cm³/mol. The molecule has 0 radical (unpaired) electrons. The van der Waals surface area contributed by atoms with Crippen molar-refractivity contribution in [3.63, 3.8) is 0 Å². The van der Waals surface area contributed by atoms with Gasteiger partial charge < -0.3 is 15.4 Å². The molecule has 0 spiro atoms. The van der Waals surface area contributed by atoms with Gasteiger partial charge in [0.05, 0.1) is 0 Å². The molecule has 116 valence electrons. The van der Waals surface area contributed by atoms with Crippen molar-refractivity contribution in [2.45, 2.75) is 6.42 Å². The van der Waals surface area contributed by atoms with Crippen LogP contribution in [0.25, 0.3) is 6.08 Å². The van der Waals surface area contributed by atoms with Crippen molar-refractivity contribution in [3.05, 3.63) is 41.0 Å². The quantitative estimate of drug-likeness (QED) is 0.448. The lowest BCUT2D eigenvalue weighted by molar-refractivity contribution is -0.117. The Morgan fingerprint density at radius 1 is 1.32 bits per heavy atom. The molecule has 0 saturated heterocycles. The molecular weight excluding hydrogens is 282 g/mol. The molecule has 0 heterocycles. The zero-order valence-electron chi connectivity index (χ0n) is 12.7. The van der Waals surface area contributed by atoms with E-state index < -0.39 is 5.91 Å². The number of hydrogen-bond donors (Lipinski definition) is 2. The first-order valence-electron chi connectivity index (χ1n) is 6.83. The van der Waals surface area contributed by atoms with Crippen LogP contribution >= 0.6 is 0 Å². The fraction of sp³-hybridized carbons (Fsp3) is 0.312. The summed E-state index contributed by atoms with van der Waals surface area (Å²) in [5.41, 5.74) is 1.21. The number of rotatable bonds is 7. The molecule has 0 saturated carbocycles. The fourth-order valence-electron chi connectivity index (χ4n) is 1.70. The van der Waals surface area contributed by atoms with Gasteiger partial charge in [-0.2, -0.15) is 5.26 Å². The van der Waals surface area contributed by atoms with Crippen LogP contribution in [0.5, 0.6) is 0 Å². The van der Waals surface area contributed by atoms with Crippen LogP contribution in [-0.4, -0.2) is 39.1 Å². The van der Waals surface area contributed by atoms with Crippen LogP contribution in [0.15, 0.2) is 29.8 Å². The van der Waals surface area contributed by atoms with Gasteiger partial charge in [0.2, 0.25) is 0 Å². The summed E-state index contributed by atoms with van der Waals surface area (Å²) < 4.78 is 4.88. The Kier molecular flexibility index (Phi) is 7.37. The first-order chi connectivity index (χ1) is 10.6. The van der Waals surface area contributed by atoms with E-state index >= 15 is 0 Å². The summed E-state index contributed by atoms with van der Waals surface area (Å²) in [6.07, 6.45) is 2.17. The Labute approximate surface area is 129 Å². The zero-order valence-corrected chi connectivity index (χ0v) is 12.7. The predicted octanol–water partition coefficient (Wildman–Crippen LogP) is 1.11. The van der Waals surface area contributed by atoms with E-state index in [1.54, 1.807) is 38.4 Å². The van der Waals surface area contributed by atoms with E-state index in [9.17, 15) is 9.59 Å². The van der Waals surface area contributed by atoms with Gasteiger partial charge in [-0.1, -0.05) is 12.1 Å². The summed E-state index contributed by atoms with van der Waals surface area (Å²) in [4.78, 5) is 23.3. The Morgan fingerprint density at radius 2 is 2.00 bits per heavy atom. The Morgan fingerprint density at radius 3 is 2.55 bits per heavy atom. The minimum atomic E-state index is -0.422. The van der Waals surface area contributed by atoms with Crippen LogP contribution in [0.1, 0.15) is 22.3 Å². The number of nitriles is 1. The van der Waals surface area contributed by atoms with Crippen LogP contribution in [-0.2, 0) is 9.53 Å². The Balaban J connectivity index is 2.73. The van der Waals surface area contributed by atoms with Gasteiger partial charge in [-0.05, 0) is 30.2 Å². The van der Waals surface area contributed by atoms with Crippen LogP contribution in [0.3, 0.4) is 0 Å². The van der Waals surface area contributed by atoms with Gasteiger partial charge in [0, 0.05) is 32.9 Å². The first kappa shape index (κ1) is 17.4. The number of hydrogen-bond acceptors (Lipinski definition) is 4. The van der Waals surface area contributed by atoms with Gasteiger partial charge in [0.1, 0.15) is 11.6 Å². The SMILES string of the molecule is CNC(=O)c1ccc(/C=C(/C#N)C(=O)NCCCOC)cc1. The number of nitrogens with one attached hydrogen (secondary N) is 2. The fourth-order valence-corrected chi connectivity index (χ4v) is 1.70. The molecule has 2 N–H and O–H groups in total. The molecule has 6 heteroatoms. The van der Waals surface area contributed by atoms with Crippen molar-refractivity contribution in [2.75, 3.05) is 27.3 Å². The van der Waals surface area contributed by atoms with Crippen molar-refractivity contribution in [2.24, 2.45) is 0 Å². The lowest BCUT2D eigenvalue weighted by Gasteiger charge is -2.04. The van der Waals surface area contributed by atoms with E-state index in [1.165, 1.54) is 6.08 Å². The Bertz CT molecular complexity index is 586. The summed E-state index contributed by atoms with van der Waals surface area (Å²) in [6, 6.07) is 8.51. The van der Waals surface area contributed by atoms with Gasteiger partial charge >= 0.3 is 0 Å². The molecule has 2 amide bonds. The second kappa shape index (κ2) is 9.32. The summed E-state index contributed by atoms with van der Waals surface area (Å²) in [6.45, 7) is 0.994. The second-order valence-electron chi connectivity index (χ2n) is 4.47. The first-order valence-corrected chi connectivity index (χ1v) is 6.83. The molecule has 0 atom stereocenters. The average molecular weight is 301 g/mol. The highest BCUT2D eigenvalue weighted by Gasteiger charge is 2.08. The van der Waals surface area contributed by atoms with Crippen LogP contribution < -0.4 is 10.6 Å². The summed E-state index contributed by atoms with van der Waals surface area (Å²) >= 11 is 0. The molecule has 0 aliphatic heterocycles. The zero-order chi connectivity index (χ0) is 16.4. The topological polar surface area (TPSA) is 91.2 Å². The monoisotopic (exact) mass is 301 g/mol. The minimum absolute atomic E-state index is 0.0186. The molecule has 1 rings (SSSR count). The third kappa shape index (κ3) is 5.38. The number of benzene rings is 1. The summed E-state index contributed by atoms with van der Waals surface area (Å²) in [5, 5.41) is 14.3. The lowest BCUT2D eigenvalue weighted by Crippen LogP contribution is -2.26. The van der Waals surface area contributed by atoms with Crippen LogP contribution in [0, 0.1) is 11.3 Å². The highest BCUT2D eigenvalue weighted by atomic mass is 16.5. The molecule has 0 fully saturated rings. The lowest BCUT2D eigenvalue weighted by atomic mass is 10.1. The van der Waals surface area contributed by atoms with Gasteiger partial charge in [-0.3, -0.25) is 9.59 Å². The molecule has 0 aliphatic carbocycles. The summed E-state index contributed by atoms with van der Waals surface area (Å²) in [7, 11) is 3.14. The minimum Gasteiger partial charge on any atom is -0.385 e. The van der Waals surface area contributed by atoms with Gasteiger partial charge in [0.25, 0.3) is 11.8 Å². The number of carbonyl (C=O) groups excluding carboxylic acids is 2. The molecule has 0 aromatic heterocycles. The van der Waals surface area contributed by atoms with E-state index in [1.807, 2.05) is 6.07 Å². The van der Waals surface area contributed by atoms with Gasteiger partial charge in [-0.25, -0.2) is 0 Å². The van der Waals surface area contributed by atoms with Crippen LogP contribution in [0.4, 0.5) is 0 Å². The number of amides is 2. The van der Waals surface area contributed by atoms with Crippen molar-refractivity contribution >= 4 is 17.9 Å². The van der Waals surface area contributed by atoms with Crippen molar-refractivity contribution < 1.29 is 14.3 Å². The van der Waals surface area contributed by atoms with E-state index in [-0.39, 0.29) is 11.5 Å². The third-order valence-corrected chi connectivity index (χ3v) is 2.89. The normalized spacial score (nSPS) is 10.7. The van der Waals surface area contributed by atoms with Crippen LogP contribution in [0.2, 0.25) is 0 Å². The molecule has 22 heavy (non-hydrogen) atoms. The maximum atomic E-state index is 11.9. The molecule has 0 aliphatic rings. The van der Waals surface area contributed by atoms with Gasteiger partial charge in [-0.15, -0.1) is 0 Å². The van der Waals surface area contributed by atoms with E-state index in [2.05, 4.69) is 10.6 Å².